The molecule has 4 amide bonds. The van der Waals surface area contributed by atoms with Crippen molar-refractivity contribution in [2.75, 3.05) is 48.3 Å². The largest absolute Gasteiger partial charge is 0.368 e. The van der Waals surface area contributed by atoms with Gasteiger partial charge in [0.25, 0.3) is 0 Å². The zero-order valence-electron chi connectivity index (χ0n) is 22.9. The average molecular weight is 528 g/mol. The molecule has 8 nitrogen and oxygen atoms in total. The highest BCUT2D eigenvalue weighted by Crippen LogP contribution is 2.20. The van der Waals surface area contributed by atoms with Gasteiger partial charge >= 0.3 is 6.03 Å². The first-order valence-corrected chi connectivity index (χ1v) is 13.4. The van der Waals surface area contributed by atoms with E-state index in [4.69, 9.17) is 0 Å². The van der Waals surface area contributed by atoms with Crippen LogP contribution in [-0.4, -0.2) is 60.4 Å². The molecule has 3 aromatic carbocycles. The van der Waals surface area contributed by atoms with Gasteiger partial charge in [0.1, 0.15) is 6.54 Å². The monoisotopic (exact) mass is 527 g/mol. The highest BCUT2D eigenvalue weighted by Gasteiger charge is 2.22. The molecule has 0 spiro atoms. The first kappa shape index (κ1) is 27.7. The Morgan fingerprint density at radius 1 is 0.795 bits per heavy atom. The number of benzene rings is 3. The van der Waals surface area contributed by atoms with Crippen LogP contribution in [0.5, 0.6) is 0 Å². The number of aryl methyl sites for hydroxylation is 1. The summed E-state index contributed by atoms with van der Waals surface area (Å²) >= 11 is 0. The summed E-state index contributed by atoms with van der Waals surface area (Å²) in [5.74, 6) is -0.494. The lowest BCUT2D eigenvalue weighted by Gasteiger charge is -2.36. The first-order valence-electron chi connectivity index (χ1n) is 13.4. The normalized spacial score (nSPS) is 13.2. The summed E-state index contributed by atoms with van der Waals surface area (Å²) in [4.78, 5) is 43.8. The van der Waals surface area contributed by atoms with Crippen LogP contribution < -0.4 is 15.5 Å². The summed E-state index contributed by atoms with van der Waals surface area (Å²) in [5.41, 5.74) is 4.64. The van der Waals surface area contributed by atoms with Crippen LogP contribution in [0.4, 0.5) is 21.9 Å². The predicted octanol–water partition coefficient (Wildman–Crippen LogP) is 4.97. The minimum absolute atomic E-state index is 0.0136. The maximum Gasteiger partial charge on any atom is 0.321 e. The lowest BCUT2D eigenvalue weighted by molar-refractivity contribution is -0.138. The fourth-order valence-electron chi connectivity index (χ4n) is 4.52. The number of urea groups is 1. The molecule has 0 aromatic heterocycles. The van der Waals surface area contributed by atoms with Crippen LogP contribution >= 0.6 is 0 Å². The Balaban J connectivity index is 1.28. The Labute approximate surface area is 230 Å². The average Bonchev–Trinajstić information content (AvgIpc) is 2.94. The van der Waals surface area contributed by atoms with E-state index in [0.29, 0.717) is 25.3 Å². The van der Waals surface area contributed by atoms with E-state index in [2.05, 4.69) is 15.5 Å². The highest BCUT2D eigenvalue weighted by molar-refractivity contribution is 5.95. The number of amides is 4. The second kappa shape index (κ2) is 13.0. The minimum atomic E-state index is -0.235. The number of hydrogen-bond acceptors (Lipinski definition) is 4. The van der Waals surface area contributed by atoms with Gasteiger partial charge in [-0.15, -0.1) is 0 Å². The molecule has 1 fully saturated rings. The van der Waals surface area contributed by atoms with Gasteiger partial charge in [0.05, 0.1) is 0 Å². The van der Waals surface area contributed by atoms with Gasteiger partial charge in [-0.05, 0) is 48.9 Å². The van der Waals surface area contributed by atoms with Crippen molar-refractivity contribution in [1.29, 1.82) is 0 Å². The Morgan fingerprint density at radius 2 is 1.38 bits per heavy atom. The molecule has 39 heavy (non-hydrogen) atoms. The summed E-state index contributed by atoms with van der Waals surface area (Å²) in [7, 11) is 0. The third-order valence-corrected chi connectivity index (χ3v) is 6.74. The van der Waals surface area contributed by atoms with Crippen molar-refractivity contribution < 1.29 is 14.4 Å². The molecule has 4 rings (SSSR count). The Morgan fingerprint density at radius 3 is 2.00 bits per heavy atom. The molecule has 1 saturated heterocycles. The van der Waals surface area contributed by atoms with Gasteiger partial charge < -0.3 is 25.3 Å². The van der Waals surface area contributed by atoms with E-state index < -0.39 is 0 Å². The van der Waals surface area contributed by atoms with Crippen LogP contribution in [0.3, 0.4) is 0 Å². The molecule has 1 aliphatic heterocycles. The van der Waals surface area contributed by atoms with Crippen LogP contribution in [0.2, 0.25) is 0 Å². The van der Waals surface area contributed by atoms with Gasteiger partial charge in [-0.2, -0.15) is 0 Å². The molecule has 1 aliphatic rings. The number of carbonyl (C=O) groups excluding carboxylic acids is 3. The maximum absolute atomic E-state index is 12.8. The maximum atomic E-state index is 12.8. The summed E-state index contributed by atoms with van der Waals surface area (Å²) in [6.07, 6.45) is 0. The minimum Gasteiger partial charge on any atom is -0.368 e. The molecule has 0 bridgehead atoms. The van der Waals surface area contributed by atoms with Crippen molar-refractivity contribution in [3.63, 3.8) is 0 Å². The van der Waals surface area contributed by atoms with Gasteiger partial charge in [-0.25, -0.2) is 4.79 Å². The predicted molar refractivity (Wildman–Crippen MR) is 156 cm³/mol. The lowest BCUT2D eigenvalue weighted by atomic mass is 10.1. The SMILES string of the molecule is Cc1ccc(NC(=O)N2CCN(c3ccc(NC(=O)CN(Cc4ccccc4)C(=O)C(C)C)cc3)CC2)cc1. The zero-order valence-corrected chi connectivity index (χ0v) is 22.9. The summed E-state index contributed by atoms with van der Waals surface area (Å²) in [6, 6.07) is 25.1. The Kier molecular flexibility index (Phi) is 9.20. The summed E-state index contributed by atoms with van der Waals surface area (Å²) < 4.78 is 0. The number of hydrogen-bond donors (Lipinski definition) is 2. The zero-order chi connectivity index (χ0) is 27.8. The summed E-state index contributed by atoms with van der Waals surface area (Å²) in [5, 5.41) is 5.88. The standard InChI is InChI=1S/C31H37N5O3/c1-23(2)30(38)36(21-25-7-5-4-6-8-25)22-29(37)32-26-13-15-28(16-14-26)34-17-19-35(20-18-34)31(39)33-27-11-9-24(3)10-12-27/h4-16,23H,17-22H2,1-3H3,(H,32,37)(H,33,39). The van der Waals surface area contributed by atoms with Crippen LogP contribution in [0, 0.1) is 12.8 Å². The molecule has 3 aromatic rings. The first-order chi connectivity index (χ1) is 18.8. The number of rotatable bonds is 8. The van der Waals surface area contributed by atoms with Gasteiger partial charge in [0.2, 0.25) is 11.8 Å². The number of nitrogens with zero attached hydrogens (tertiary/aromatic N) is 3. The third kappa shape index (κ3) is 7.83. The molecule has 0 saturated carbocycles. The molecule has 0 unspecified atom stereocenters. The summed E-state index contributed by atoms with van der Waals surface area (Å²) in [6.45, 7) is 8.76. The molecule has 0 atom stereocenters. The van der Waals surface area contributed by atoms with Crippen LogP contribution in [0.15, 0.2) is 78.9 Å². The fourth-order valence-corrected chi connectivity index (χ4v) is 4.52. The molecular weight excluding hydrogens is 490 g/mol. The molecule has 204 valence electrons. The van der Waals surface area contributed by atoms with E-state index in [-0.39, 0.29) is 30.3 Å². The number of anilines is 3. The highest BCUT2D eigenvalue weighted by atomic mass is 16.2. The molecule has 0 aliphatic carbocycles. The molecule has 1 heterocycles. The molecular formula is C31H37N5O3. The van der Waals surface area contributed by atoms with Gasteiger partial charge in [-0.1, -0.05) is 61.9 Å². The van der Waals surface area contributed by atoms with Crippen molar-refractivity contribution >= 4 is 34.9 Å². The van der Waals surface area contributed by atoms with E-state index >= 15 is 0 Å². The number of piperazine rings is 1. The van der Waals surface area contributed by atoms with E-state index in [1.54, 1.807) is 4.90 Å². The van der Waals surface area contributed by atoms with E-state index in [9.17, 15) is 14.4 Å². The molecule has 8 heteroatoms. The molecule has 0 radical (unpaired) electrons. The van der Waals surface area contributed by atoms with E-state index in [1.165, 1.54) is 0 Å². The second-order valence-corrected chi connectivity index (χ2v) is 10.2. The van der Waals surface area contributed by atoms with Crippen LogP contribution in [-0.2, 0) is 16.1 Å². The topological polar surface area (TPSA) is 85.0 Å². The van der Waals surface area contributed by atoms with Gasteiger partial charge in [0.15, 0.2) is 0 Å². The Hall–Kier alpha value is -4.33. The smallest absolute Gasteiger partial charge is 0.321 e. The van der Waals surface area contributed by atoms with Crippen LogP contribution in [0.25, 0.3) is 0 Å². The number of nitrogens with one attached hydrogen (secondary N) is 2. The van der Waals surface area contributed by atoms with Crippen LogP contribution in [0.1, 0.15) is 25.0 Å². The fraction of sp³-hybridized carbons (Fsp3) is 0.323. The van der Waals surface area contributed by atoms with Crippen molar-refractivity contribution in [3.8, 4) is 0 Å². The lowest BCUT2D eigenvalue weighted by Crippen LogP contribution is -2.50. The van der Waals surface area contributed by atoms with E-state index in [0.717, 1.165) is 35.6 Å². The number of carbonyl (C=O) groups is 3. The third-order valence-electron chi connectivity index (χ3n) is 6.74. The van der Waals surface area contributed by atoms with Gasteiger partial charge in [0, 0.05) is 55.7 Å². The van der Waals surface area contributed by atoms with Crippen molar-refractivity contribution in [2.24, 2.45) is 5.92 Å². The quantitative estimate of drug-likeness (QED) is 0.433. The Bertz CT molecular complexity index is 1250. The van der Waals surface area contributed by atoms with Gasteiger partial charge in [-0.3, -0.25) is 9.59 Å². The van der Waals surface area contributed by atoms with Crippen molar-refractivity contribution in [3.05, 3.63) is 90.0 Å². The van der Waals surface area contributed by atoms with E-state index in [1.807, 2.05) is 105 Å². The van der Waals surface area contributed by atoms with Crippen molar-refractivity contribution in [2.45, 2.75) is 27.3 Å². The second-order valence-electron chi connectivity index (χ2n) is 10.2. The molecule has 2 N–H and O–H groups in total. The van der Waals surface area contributed by atoms with Crippen molar-refractivity contribution in [1.82, 2.24) is 9.80 Å².